The Labute approximate surface area is 77.8 Å². The van der Waals surface area contributed by atoms with E-state index in [1.165, 1.54) is 12.0 Å². The van der Waals surface area contributed by atoms with Crippen molar-refractivity contribution in [3.8, 4) is 0 Å². The van der Waals surface area contributed by atoms with Gasteiger partial charge in [0.2, 0.25) is 0 Å². The van der Waals surface area contributed by atoms with E-state index in [-0.39, 0.29) is 0 Å². The van der Waals surface area contributed by atoms with Crippen LogP contribution in [0, 0.1) is 0 Å². The van der Waals surface area contributed by atoms with Crippen LogP contribution < -0.4 is 0 Å². The maximum Gasteiger partial charge on any atom is 0.0342 e. The van der Waals surface area contributed by atoms with Crippen molar-refractivity contribution in [3.05, 3.63) is 30.1 Å². The zero-order chi connectivity index (χ0) is 8.39. The molecule has 0 radical (unpaired) electrons. The van der Waals surface area contributed by atoms with Crippen molar-refractivity contribution in [2.45, 2.75) is 30.6 Å². The Hall–Kier alpha value is -0.560. The first kappa shape index (κ1) is 8.06. The molecular weight excluding hydrogens is 170 g/mol. The molecule has 1 aromatic heterocycles. The van der Waals surface area contributed by atoms with E-state index >= 15 is 0 Å². The highest BCUT2D eigenvalue weighted by Crippen LogP contribution is 2.36. The molecule has 12 heavy (non-hydrogen) atoms. The third-order valence-electron chi connectivity index (χ3n) is 2.52. The third kappa shape index (κ3) is 1.61. The molecule has 64 valence electrons. The van der Waals surface area contributed by atoms with Crippen molar-refractivity contribution >= 4 is 11.6 Å². The van der Waals surface area contributed by atoms with Crippen molar-refractivity contribution < 1.29 is 0 Å². The first-order valence-electron chi connectivity index (χ1n) is 4.40. The molecule has 1 nitrogen and oxygen atoms in total. The number of hydrogen-bond donors (Lipinski definition) is 0. The van der Waals surface area contributed by atoms with Crippen LogP contribution in [0.1, 0.15) is 30.7 Å². The fourth-order valence-electron chi connectivity index (χ4n) is 1.85. The molecule has 0 N–H and O–H groups in total. The Bertz CT molecular complexity index is 247. The number of pyridine rings is 1. The molecule has 1 aromatic rings. The van der Waals surface area contributed by atoms with E-state index in [1.54, 1.807) is 0 Å². The lowest BCUT2D eigenvalue weighted by Gasteiger charge is -2.07. The van der Waals surface area contributed by atoms with Crippen LogP contribution in [0.4, 0.5) is 0 Å². The number of alkyl halides is 1. The van der Waals surface area contributed by atoms with Crippen molar-refractivity contribution in [1.82, 2.24) is 4.98 Å². The van der Waals surface area contributed by atoms with E-state index in [0.29, 0.717) is 11.3 Å². The molecule has 0 aromatic carbocycles. The van der Waals surface area contributed by atoms with Gasteiger partial charge in [0, 0.05) is 17.8 Å². The molecule has 2 unspecified atom stereocenters. The minimum atomic E-state index is 0.384. The zero-order valence-corrected chi connectivity index (χ0v) is 7.67. The first-order chi connectivity index (χ1) is 5.86. The summed E-state index contributed by atoms with van der Waals surface area (Å²) in [5.41, 5.74) is 1.35. The van der Waals surface area contributed by atoms with E-state index in [4.69, 9.17) is 11.6 Å². The Balaban J connectivity index is 2.11. The molecule has 0 spiro atoms. The van der Waals surface area contributed by atoms with Gasteiger partial charge in [-0.05, 0) is 36.8 Å². The highest BCUT2D eigenvalue weighted by atomic mass is 35.5. The molecule has 0 saturated heterocycles. The lowest BCUT2D eigenvalue weighted by Crippen LogP contribution is -1.94. The highest BCUT2D eigenvalue weighted by Gasteiger charge is 2.23. The summed E-state index contributed by atoms with van der Waals surface area (Å²) < 4.78 is 0. The van der Waals surface area contributed by atoms with Crippen LogP contribution in [-0.4, -0.2) is 10.4 Å². The third-order valence-corrected chi connectivity index (χ3v) is 2.92. The molecular formula is C10H12ClN. The monoisotopic (exact) mass is 181 g/mol. The van der Waals surface area contributed by atoms with Crippen LogP contribution in [0.15, 0.2) is 24.5 Å². The molecule has 2 heteroatoms. The number of hydrogen-bond acceptors (Lipinski definition) is 1. The van der Waals surface area contributed by atoms with Gasteiger partial charge in [-0.15, -0.1) is 11.6 Å². The number of halogens is 1. The molecule has 1 fully saturated rings. The first-order valence-corrected chi connectivity index (χ1v) is 4.84. The second kappa shape index (κ2) is 3.44. The Morgan fingerprint density at radius 2 is 2.33 bits per heavy atom. The van der Waals surface area contributed by atoms with Gasteiger partial charge in [-0.2, -0.15) is 0 Å². The Kier molecular flexibility index (Phi) is 2.31. The summed E-state index contributed by atoms with van der Waals surface area (Å²) in [5, 5.41) is 0.384. The Morgan fingerprint density at radius 1 is 1.42 bits per heavy atom. The summed E-state index contributed by atoms with van der Waals surface area (Å²) >= 11 is 6.04. The fourth-order valence-corrected chi connectivity index (χ4v) is 2.19. The minimum Gasteiger partial charge on any atom is -0.264 e. The van der Waals surface area contributed by atoms with Gasteiger partial charge in [0.25, 0.3) is 0 Å². The predicted octanol–water partition coefficient (Wildman–Crippen LogP) is 2.96. The molecule has 0 bridgehead atoms. The summed E-state index contributed by atoms with van der Waals surface area (Å²) in [6.07, 6.45) is 7.27. The summed E-state index contributed by atoms with van der Waals surface area (Å²) in [4.78, 5) is 4.11. The zero-order valence-electron chi connectivity index (χ0n) is 6.91. The maximum atomic E-state index is 6.04. The standard InChI is InChI=1S/C10H12ClN/c11-10-4-3-8(6-10)9-2-1-5-12-7-9/h1-2,5,7-8,10H,3-4,6H2. The van der Waals surface area contributed by atoms with Crippen LogP contribution in [0.25, 0.3) is 0 Å². The smallest absolute Gasteiger partial charge is 0.0342 e. The summed E-state index contributed by atoms with van der Waals surface area (Å²) in [5.74, 6) is 0.654. The Morgan fingerprint density at radius 3 is 2.92 bits per heavy atom. The van der Waals surface area contributed by atoms with Gasteiger partial charge >= 0.3 is 0 Å². The average molecular weight is 182 g/mol. The van der Waals surface area contributed by atoms with Gasteiger partial charge in [-0.1, -0.05) is 6.07 Å². The van der Waals surface area contributed by atoms with Gasteiger partial charge in [0.1, 0.15) is 0 Å². The largest absolute Gasteiger partial charge is 0.264 e. The lowest BCUT2D eigenvalue weighted by atomic mass is 10.00. The van der Waals surface area contributed by atoms with E-state index in [0.717, 1.165) is 12.8 Å². The van der Waals surface area contributed by atoms with Crippen molar-refractivity contribution in [3.63, 3.8) is 0 Å². The molecule has 2 rings (SSSR count). The average Bonchev–Trinajstić information content (AvgIpc) is 2.54. The van der Waals surface area contributed by atoms with E-state index in [1.807, 2.05) is 18.5 Å². The second-order valence-electron chi connectivity index (χ2n) is 3.39. The molecule has 1 saturated carbocycles. The topological polar surface area (TPSA) is 12.9 Å². The predicted molar refractivity (Wildman–Crippen MR) is 50.5 cm³/mol. The normalized spacial score (nSPS) is 29.1. The van der Waals surface area contributed by atoms with Gasteiger partial charge < -0.3 is 0 Å². The fraction of sp³-hybridized carbons (Fsp3) is 0.500. The van der Waals surface area contributed by atoms with E-state index in [2.05, 4.69) is 11.1 Å². The summed E-state index contributed by atoms with van der Waals surface area (Å²) in [6.45, 7) is 0. The lowest BCUT2D eigenvalue weighted by molar-refractivity contribution is 0.720. The molecule has 0 amide bonds. The van der Waals surface area contributed by atoms with Crippen molar-refractivity contribution in [1.29, 1.82) is 0 Å². The van der Waals surface area contributed by atoms with Crippen LogP contribution in [-0.2, 0) is 0 Å². The number of rotatable bonds is 1. The highest BCUT2D eigenvalue weighted by molar-refractivity contribution is 6.20. The minimum absolute atomic E-state index is 0.384. The molecule has 1 aliphatic rings. The van der Waals surface area contributed by atoms with Gasteiger partial charge in [-0.25, -0.2) is 0 Å². The van der Waals surface area contributed by atoms with Crippen LogP contribution >= 0.6 is 11.6 Å². The van der Waals surface area contributed by atoms with Gasteiger partial charge in [-0.3, -0.25) is 4.98 Å². The van der Waals surface area contributed by atoms with Crippen LogP contribution in [0.5, 0.6) is 0 Å². The van der Waals surface area contributed by atoms with Gasteiger partial charge in [0.05, 0.1) is 0 Å². The maximum absolute atomic E-state index is 6.04. The van der Waals surface area contributed by atoms with Crippen molar-refractivity contribution in [2.24, 2.45) is 0 Å². The SMILES string of the molecule is ClC1CCC(c2cccnc2)C1. The van der Waals surface area contributed by atoms with Crippen molar-refractivity contribution in [2.75, 3.05) is 0 Å². The van der Waals surface area contributed by atoms with Crippen LogP contribution in [0.2, 0.25) is 0 Å². The quantitative estimate of drug-likeness (QED) is 0.607. The molecule has 2 atom stereocenters. The second-order valence-corrected chi connectivity index (χ2v) is 4.01. The molecule has 0 aliphatic heterocycles. The van der Waals surface area contributed by atoms with Gasteiger partial charge in [0.15, 0.2) is 0 Å². The van der Waals surface area contributed by atoms with E-state index in [9.17, 15) is 0 Å². The summed E-state index contributed by atoms with van der Waals surface area (Å²) in [6, 6.07) is 4.14. The molecule has 1 heterocycles. The number of nitrogens with zero attached hydrogens (tertiary/aromatic N) is 1. The summed E-state index contributed by atoms with van der Waals surface area (Å²) in [7, 11) is 0. The van der Waals surface area contributed by atoms with Crippen LogP contribution in [0.3, 0.4) is 0 Å². The number of aromatic nitrogens is 1. The molecule has 1 aliphatic carbocycles. The van der Waals surface area contributed by atoms with E-state index < -0.39 is 0 Å².